The third-order valence-electron chi connectivity index (χ3n) is 4.22. The SMILES string of the molecule is CC(C)C[C@H](N)C(=O)N1CCN(S(=O)(=O)N2CCOCC2)CC1. The molecule has 0 radical (unpaired) electrons. The molecule has 2 fully saturated rings. The molecule has 8 nitrogen and oxygen atoms in total. The molecule has 2 rings (SSSR count). The van der Waals surface area contributed by atoms with E-state index < -0.39 is 16.3 Å². The molecule has 0 aliphatic carbocycles. The van der Waals surface area contributed by atoms with E-state index in [1.807, 2.05) is 13.8 Å². The van der Waals surface area contributed by atoms with Crippen molar-refractivity contribution in [3.05, 3.63) is 0 Å². The number of nitrogens with two attached hydrogens (primary N) is 1. The molecule has 1 atom stereocenters. The van der Waals surface area contributed by atoms with E-state index in [9.17, 15) is 13.2 Å². The minimum Gasteiger partial charge on any atom is -0.379 e. The fraction of sp³-hybridized carbons (Fsp3) is 0.929. The number of rotatable bonds is 5. The van der Waals surface area contributed by atoms with Gasteiger partial charge in [0.15, 0.2) is 0 Å². The van der Waals surface area contributed by atoms with Crippen LogP contribution in [-0.2, 0) is 19.7 Å². The Labute approximate surface area is 138 Å². The molecule has 0 saturated carbocycles. The molecule has 2 saturated heterocycles. The van der Waals surface area contributed by atoms with E-state index in [-0.39, 0.29) is 5.91 Å². The third kappa shape index (κ3) is 4.63. The average Bonchev–Trinajstić information content (AvgIpc) is 2.54. The second-order valence-corrected chi connectivity index (χ2v) is 8.41. The van der Waals surface area contributed by atoms with Gasteiger partial charge in [-0.2, -0.15) is 17.0 Å². The van der Waals surface area contributed by atoms with Gasteiger partial charge in [0, 0.05) is 39.3 Å². The van der Waals surface area contributed by atoms with E-state index in [0.717, 1.165) is 0 Å². The first kappa shape index (κ1) is 18.6. The van der Waals surface area contributed by atoms with Crippen molar-refractivity contribution in [3.63, 3.8) is 0 Å². The van der Waals surface area contributed by atoms with Gasteiger partial charge in [-0.25, -0.2) is 0 Å². The zero-order valence-electron chi connectivity index (χ0n) is 14.0. The molecule has 0 spiro atoms. The third-order valence-corrected chi connectivity index (χ3v) is 6.25. The Morgan fingerprint density at radius 2 is 1.57 bits per heavy atom. The summed E-state index contributed by atoms with van der Waals surface area (Å²) in [4.78, 5) is 14.0. The number of hydrogen-bond acceptors (Lipinski definition) is 5. The highest BCUT2D eigenvalue weighted by atomic mass is 32.2. The van der Waals surface area contributed by atoms with E-state index in [0.29, 0.717) is 64.8 Å². The first-order valence-electron chi connectivity index (χ1n) is 8.19. The number of carbonyl (C=O) groups excluding carboxylic acids is 1. The predicted octanol–water partition coefficient (Wildman–Crippen LogP) is -0.919. The molecule has 1 amide bonds. The lowest BCUT2D eigenvalue weighted by molar-refractivity contribution is -0.134. The maximum absolute atomic E-state index is 12.6. The van der Waals surface area contributed by atoms with Crippen LogP contribution in [0.4, 0.5) is 0 Å². The van der Waals surface area contributed by atoms with Crippen molar-refractivity contribution in [2.45, 2.75) is 26.3 Å². The Bertz CT molecular complexity index is 497. The van der Waals surface area contributed by atoms with Crippen molar-refractivity contribution in [1.82, 2.24) is 13.5 Å². The van der Waals surface area contributed by atoms with Crippen LogP contribution < -0.4 is 5.73 Å². The van der Waals surface area contributed by atoms with E-state index in [2.05, 4.69) is 0 Å². The summed E-state index contributed by atoms with van der Waals surface area (Å²) >= 11 is 0. The smallest absolute Gasteiger partial charge is 0.282 e. The van der Waals surface area contributed by atoms with Gasteiger partial charge in [0.05, 0.1) is 19.3 Å². The summed E-state index contributed by atoms with van der Waals surface area (Å²) in [5.74, 6) is 0.277. The highest BCUT2D eigenvalue weighted by Gasteiger charge is 2.35. The molecule has 2 aliphatic heterocycles. The number of piperazine rings is 1. The number of amides is 1. The summed E-state index contributed by atoms with van der Waals surface area (Å²) in [6.45, 7) is 7.13. The molecule has 2 N–H and O–H groups in total. The van der Waals surface area contributed by atoms with Crippen molar-refractivity contribution in [3.8, 4) is 0 Å². The molecule has 0 bridgehead atoms. The first-order chi connectivity index (χ1) is 10.8. The zero-order chi connectivity index (χ0) is 17.0. The van der Waals surface area contributed by atoms with Gasteiger partial charge in [-0.1, -0.05) is 13.8 Å². The number of morpholine rings is 1. The predicted molar refractivity (Wildman–Crippen MR) is 86.9 cm³/mol. The molecule has 0 aromatic rings. The molecule has 2 aliphatic rings. The minimum atomic E-state index is -3.46. The van der Waals surface area contributed by atoms with Gasteiger partial charge in [0.25, 0.3) is 10.2 Å². The van der Waals surface area contributed by atoms with E-state index in [1.165, 1.54) is 8.61 Å². The van der Waals surface area contributed by atoms with Crippen molar-refractivity contribution >= 4 is 16.1 Å². The normalized spacial score (nSPS) is 23.2. The summed E-state index contributed by atoms with van der Waals surface area (Å²) in [6, 6.07) is -0.502. The van der Waals surface area contributed by atoms with Crippen LogP contribution in [0.25, 0.3) is 0 Å². The molecule has 0 unspecified atom stereocenters. The molecule has 0 aromatic carbocycles. The summed E-state index contributed by atoms with van der Waals surface area (Å²) in [7, 11) is -3.46. The first-order valence-corrected chi connectivity index (χ1v) is 9.59. The van der Waals surface area contributed by atoms with Crippen LogP contribution in [0, 0.1) is 5.92 Å². The maximum Gasteiger partial charge on any atom is 0.282 e. The Hall–Kier alpha value is -0.740. The van der Waals surface area contributed by atoms with Gasteiger partial charge in [-0.15, -0.1) is 0 Å². The standard InChI is InChI=1S/C14H28N4O4S/c1-12(2)11-13(15)14(19)16-3-5-17(6-4-16)23(20,21)18-7-9-22-10-8-18/h12-13H,3-11,15H2,1-2H3/t13-/m0/s1. The summed E-state index contributed by atoms with van der Waals surface area (Å²) in [5, 5.41) is 0. The van der Waals surface area contributed by atoms with Crippen molar-refractivity contribution in [2.24, 2.45) is 11.7 Å². The molecule has 134 valence electrons. The van der Waals surface area contributed by atoms with Gasteiger partial charge in [0.2, 0.25) is 5.91 Å². The molecule has 9 heteroatoms. The van der Waals surface area contributed by atoms with Crippen LogP contribution in [-0.4, -0.2) is 86.4 Å². The Morgan fingerprint density at radius 1 is 1.04 bits per heavy atom. The van der Waals surface area contributed by atoms with Crippen molar-refractivity contribution in [2.75, 3.05) is 52.5 Å². The number of ether oxygens (including phenoxy) is 1. The van der Waals surface area contributed by atoms with Gasteiger partial charge in [-0.05, 0) is 12.3 Å². The van der Waals surface area contributed by atoms with Gasteiger partial charge in [0.1, 0.15) is 0 Å². The van der Waals surface area contributed by atoms with Crippen molar-refractivity contribution < 1.29 is 17.9 Å². The Balaban J connectivity index is 1.89. The number of carbonyl (C=O) groups is 1. The minimum absolute atomic E-state index is 0.0814. The van der Waals surface area contributed by atoms with Gasteiger partial charge in [-0.3, -0.25) is 4.79 Å². The van der Waals surface area contributed by atoms with E-state index in [4.69, 9.17) is 10.5 Å². The van der Waals surface area contributed by atoms with Crippen LogP contribution in [0.15, 0.2) is 0 Å². The van der Waals surface area contributed by atoms with Gasteiger partial charge < -0.3 is 15.4 Å². The van der Waals surface area contributed by atoms with Gasteiger partial charge >= 0.3 is 0 Å². The molecule has 2 heterocycles. The van der Waals surface area contributed by atoms with Crippen LogP contribution >= 0.6 is 0 Å². The molecular formula is C14H28N4O4S. The summed E-state index contributed by atoms with van der Waals surface area (Å²) in [6.07, 6.45) is 0.644. The number of nitrogens with zero attached hydrogens (tertiary/aromatic N) is 3. The van der Waals surface area contributed by atoms with E-state index >= 15 is 0 Å². The number of hydrogen-bond donors (Lipinski definition) is 1. The molecule has 23 heavy (non-hydrogen) atoms. The van der Waals surface area contributed by atoms with Crippen molar-refractivity contribution in [1.29, 1.82) is 0 Å². The van der Waals surface area contributed by atoms with Crippen LogP contribution in [0.1, 0.15) is 20.3 Å². The van der Waals surface area contributed by atoms with Crippen LogP contribution in [0.3, 0.4) is 0 Å². The lowest BCUT2D eigenvalue weighted by atomic mass is 10.0. The topological polar surface area (TPSA) is 96.2 Å². The Kier molecular flexibility index (Phi) is 6.38. The quantitative estimate of drug-likeness (QED) is 0.693. The molecular weight excluding hydrogens is 320 g/mol. The maximum atomic E-state index is 12.6. The lowest BCUT2D eigenvalue weighted by Crippen LogP contribution is -2.57. The molecule has 0 aromatic heterocycles. The lowest BCUT2D eigenvalue weighted by Gasteiger charge is -2.38. The fourth-order valence-corrected chi connectivity index (χ4v) is 4.48. The monoisotopic (exact) mass is 348 g/mol. The Morgan fingerprint density at radius 3 is 2.09 bits per heavy atom. The largest absolute Gasteiger partial charge is 0.379 e. The highest BCUT2D eigenvalue weighted by molar-refractivity contribution is 7.86. The second kappa shape index (κ2) is 7.89. The van der Waals surface area contributed by atoms with Crippen LogP contribution in [0.5, 0.6) is 0 Å². The second-order valence-electron chi connectivity index (χ2n) is 6.48. The van der Waals surface area contributed by atoms with E-state index in [1.54, 1.807) is 4.90 Å². The summed E-state index contributed by atoms with van der Waals surface area (Å²) in [5.41, 5.74) is 5.94. The highest BCUT2D eigenvalue weighted by Crippen LogP contribution is 2.15. The summed E-state index contributed by atoms with van der Waals surface area (Å²) < 4.78 is 33.2. The van der Waals surface area contributed by atoms with Crippen LogP contribution in [0.2, 0.25) is 0 Å². The fourth-order valence-electron chi connectivity index (χ4n) is 2.92. The average molecular weight is 348 g/mol. The zero-order valence-corrected chi connectivity index (χ0v) is 14.8.